The van der Waals surface area contributed by atoms with Crippen molar-refractivity contribution >= 4 is 34.3 Å². The van der Waals surface area contributed by atoms with E-state index >= 15 is 0 Å². The van der Waals surface area contributed by atoms with Gasteiger partial charge in [-0.2, -0.15) is 9.97 Å². The molecule has 1 fully saturated rings. The second kappa shape index (κ2) is 5.57. The topological polar surface area (TPSA) is 55.6 Å². The van der Waals surface area contributed by atoms with Gasteiger partial charge in [-0.1, -0.05) is 31.0 Å². The van der Waals surface area contributed by atoms with Gasteiger partial charge >= 0.3 is 0 Å². The maximum Gasteiger partial charge on any atom is 0.226 e. The molecule has 1 aromatic carbocycles. The minimum atomic E-state index is 0.241. The molecule has 112 valence electrons. The summed E-state index contributed by atoms with van der Waals surface area (Å²) in [7, 11) is 0. The Kier molecular flexibility index (Phi) is 3.42. The van der Waals surface area contributed by atoms with E-state index in [0.29, 0.717) is 11.9 Å². The van der Waals surface area contributed by atoms with Gasteiger partial charge in [0.25, 0.3) is 0 Å². The van der Waals surface area contributed by atoms with E-state index in [-0.39, 0.29) is 5.28 Å². The number of hydrogen-bond acceptors (Lipinski definition) is 4. The molecule has 0 saturated heterocycles. The van der Waals surface area contributed by atoms with Gasteiger partial charge in [0.05, 0.1) is 6.33 Å². The molecule has 1 N–H and O–H groups in total. The van der Waals surface area contributed by atoms with Crippen LogP contribution in [0.5, 0.6) is 0 Å². The van der Waals surface area contributed by atoms with Crippen LogP contribution in [-0.4, -0.2) is 19.5 Å². The molecule has 0 unspecified atom stereocenters. The predicted molar refractivity (Wildman–Crippen MR) is 87.6 cm³/mol. The maximum atomic E-state index is 6.12. The van der Waals surface area contributed by atoms with Crippen molar-refractivity contribution < 1.29 is 0 Å². The molecule has 0 aliphatic heterocycles. The Morgan fingerprint density at radius 2 is 1.86 bits per heavy atom. The van der Waals surface area contributed by atoms with Crippen LogP contribution in [0.15, 0.2) is 36.7 Å². The first-order valence-corrected chi connectivity index (χ1v) is 7.91. The van der Waals surface area contributed by atoms with Crippen LogP contribution >= 0.6 is 11.6 Å². The fourth-order valence-corrected chi connectivity index (χ4v) is 3.25. The highest BCUT2D eigenvalue weighted by Crippen LogP contribution is 2.33. The summed E-state index contributed by atoms with van der Waals surface area (Å²) in [5.74, 6) is 0.651. The number of halogens is 1. The SMILES string of the molecule is Clc1nc(Nc2ccccc2)c2ncn(C3CCCC3)c2n1. The fraction of sp³-hybridized carbons (Fsp3) is 0.312. The minimum absolute atomic E-state index is 0.241. The van der Waals surface area contributed by atoms with Crippen LogP contribution in [-0.2, 0) is 0 Å². The number of nitrogens with zero attached hydrogens (tertiary/aromatic N) is 4. The zero-order valence-electron chi connectivity index (χ0n) is 12.0. The van der Waals surface area contributed by atoms with Crippen LogP contribution in [0.25, 0.3) is 11.2 Å². The molecule has 0 radical (unpaired) electrons. The lowest BCUT2D eigenvalue weighted by atomic mass is 10.2. The number of hydrogen-bond donors (Lipinski definition) is 1. The lowest BCUT2D eigenvalue weighted by Crippen LogP contribution is -2.05. The van der Waals surface area contributed by atoms with Gasteiger partial charge in [-0.15, -0.1) is 0 Å². The van der Waals surface area contributed by atoms with Crippen molar-refractivity contribution in [2.24, 2.45) is 0 Å². The average molecular weight is 314 g/mol. The summed E-state index contributed by atoms with van der Waals surface area (Å²) in [6.45, 7) is 0. The van der Waals surface area contributed by atoms with Crippen molar-refractivity contribution in [2.75, 3.05) is 5.32 Å². The Morgan fingerprint density at radius 1 is 1.09 bits per heavy atom. The molecule has 0 atom stereocenters. The Labute approximate surface area is 133 Å². The smallest absolute Gasteiger partial charge is 0.226 e. The monoisotopic (exact) mass is 313 g/mol. The third kappa shape index (κ3) is 2.41. The first-order valence-electron chi connectivity index (χ1n) is 7.53. The fourth-order valence-electron chi connectivity index (χ4n) is 3.08. The molecule has 4 rings (SSSR count). The van der Waals surface area contributed by atoms with Crippen molar-refractivity contribution in [3.63, 3.8) is 0 Å². The number of nitrogens with one attached hydrogen (secondary N) is 1. The van der Waals surface area contributed by atoms with E-state index in [0.717, 1.165) is 16.9 Å². The van der Waals surface area contributed by atoms with Crippen LogP contribution in [0.2, 0.25) is 5.28 Å². The number of para-hydroxylation sites is 1. The first-order chi connectivity index (χ1) is 10.8. The van der Waals surface area contributed by atoms with E-state index < -0.39 is 0 Å². The zero-order chi connectivity index (χ0) is 14.9. The Hall–Kier alpha value is -2.14. The molecule has 5 nitrogen and oxygen atoms in total. The van der Waals surface area contributed by atoms with E-state index in [4.69, 9.17) is 11.6 Å². The largest absolute Gasteiger partial charge is 0.338 e. The van der Waals surface area contributed by atoms with Gasteiger partial charge in [0.15, 0.2) is 17.0 Å². The molecule has 0 amide bonds. The molecular formula is C16H16ClN5. The van der Waals surface area contributed by atoms with E-state index in [1.807, 2.05) is 36.7 Å². The third-order valence-electron chi connectivity index (χ3n) is 4.15. The summed E-state index contributed by atoms with van der Waals surface area (Å²) in [4.78, 5) is 13.2. The van der Waals surface area contributed by atoms with Crippen LogP contribution in [0.1, 0.15) is 31.7 Å². The van der Waals surface area contributed by atoms with Crippen molar-refractivity contribution in [1.82, 2.24) is 19.5 Å². The second-order valence-corrected chi connectivity index (χ2v) is 5.93. The average Bonchev–Trinajstić information content (AvgIpc) is 3.16. The molecule has 3 aromatic rings. The molecule has 0 spiro atoms. The van der Waals surface area contributed by atoms with Gasteiger partial charge in [0, 0.05) is 11.7 Å². The molecule has 2 heterocycles. The molecule has 22 heavy (non-hydrogen) atoms. The van der Waals surface area contributed by atoms with Crippen molar-refractivity contribution in [2.45, 2.75) is 31.7 Å². The lowest BCUT2D eigenvalue weighted by Gasteiger charge is -2.12. The standard InChI is InChI=1S/C16H16ClN5/c17-16-20-14(19-11-6-2-1-3-7-11)13-15(21-16)22(10-18-13)12-8-4-5-9-12/h1-3,6-7,10,12H,4-5,8-9H2,(H,19,20,21). The lowest BCUT2D eigenvalue weighted by molar-refractivity contribution is 0.529. The number of benzene rings is 1. The van der Waals surface area contributed by atoms with Gasteiger partial charge in [-0.25, -0.2) is 4.98 Å². The highest BCUT2D eigenvalue weighted by molar-refractivity contribution is 6.28. The van der Waals surface area contributed by atoms with Gasteiger partial charge < -0.3 is 9.88 Å². The van der Waals surface area contributed by atoms with Gasteiger partial charge in [0.1, 0.15) is 0 Å². The summed E-state index contributed by atoms with van der Waals surface area (Å²) in [6.07, 6.45) is 6.74. The number of imidazole rings is 1. The molecule has 6 heteroatoms. The van der Waals surface area contributed by atoms with Crippen LogP contribution < -0.4 is 5.32 Å². The zero-order valence-corrected chi connectivity index (χ0v) is 12.8. The Balaban J connectivity index is 1.78. The van der Waals surface area contributed by atoms with Gasteiger partial charge in [-0.05, 0) is 36.6 Å². The van der Waals surface area contributed by atoms with Gasteiger partial charge in [0.2, 0.25) is 5.28 Å². The molecule has 0 bridgehead atoms. The number of rotatable bonds is 3. The molecule has 1 aliphatic rings. The third-order valence-corrected chi connectivity index (χ3v) is 4.32. The first kappa shape index (κ1) is 13.5. The summed E-state index contributed by atoms with van der Waals surface area (Å²) in [6, 6.07) is 10.4. The van der Waals surface area contributed by atoms with Gasteiger partial charge in [-0.3, -0.25) is 0 Å². The minimum Gasteiger partial charge on any atom is -0.338 e. The summed E-state index contributed by atoms with van der Waals surface area (Å²) >= 11 is 6.12. The molecule has 1 saturated carbocycles. The van der Waals surface area contributed by atoms with Crippen LogP contribution in [0.4, 0.5) is 11.5 Å². The number of fused-ring (bicyclic) bond motifs is 1. The van der Waals surface area contributed by atoms with E-state index in [2.05, 4.69) is 24.8 Å². The Morgan fingerprint density at radius 3 is 2.64 bits per heavy atom. The Bertz CT molecular complexity index is 793. The van der Waals surface area contributed by atoms with E-state index in [1.165, 1.54) is 25.7 Å². The summed E-state index contributed by atoms with van der Waals surface area (Å²) in [5.41, 5.74) is 2.53. The second-order valence-electron chi connectivity index (χ2n) is 5.59. The van der Waals surface area contributed by atoms with Crippen molar-refractivity contribution in [3.05, 3.63) is 41.9 Å². The number of anilines is 2. The van der Waals surface area contributed by atoms with Crippen LogP contribution in [0.3, 0.4) is 0 Å². The summed E-state index contributed by atoms with van der Waals surface area (Å²) in [5, 5.41) is 3.52. The quantitative estimate of drug-likeness (QED) is 0.731. The molecule has 2 aromatic heterocycles. The van der Waals surface area contributed by atoms with E-state index in [1.54, 1.807) is 0 Å². The number of aromatic nitrogens is 4. The molecular weight excluding hydrogens is 298 g/mol. The predicted octanol–water partition coefficient (Wildman–Crippen LogP) is 4.34. The van der Waals surface area contributed by atoms with Crippen molar-refractivity contribution in [3.8, 4) is 0 Å². The maximum absolute atomic E-state index is 6.12. The van der Waals surface area contributed by atoms with E-state index in [9.17, 15) is 0 Å². The van der Waals surface area contributed by atoms with Crippen LogP contribution in [0, 0.1) is 0 Å². The highest BCUT2D eigenvalue weighted by Gasteiger charge is 2.21. The highest BCUT2D eigenvalue weighted by atomic mass is 35.5. The normalized spacial score (nSPS) is 15.5. The molecule has 1 aliphatic carbocycles. The summed E-state index contributed by atoms with van der Waals surface area (Å²) < 4.78 is 2.14. The van der Waals surface area contributed by atoms with Crippen molar-refractivity contribution in [1.29, 1.82) is 0 Å².